The average Bonchev–Trinajstić information content (AvgIpc) is 3.35. The number of rotatable bonds is 12. The number of anilines is 1. The van der Waals surface area contributed by atoms with Gasteiger partial charge in [-0.15, -0.1) is 5.10 Å². The molecule has 40 heavy (non-hydrogen) atoms. The van der Waals surface area contributed by atoms with Gasteiger partial charge in [0.05, 0.1) is 17.7 Å². The molecule has 0 bridgehead atoms. The first-order chi connectivity index (χ1) is 19.5. The van der Waals surface area contributed by atoms with Gasteiger partial charge in [0.15, 0.2) is 17.3 Å². The third-order valence-corrected chi connectivity index (χ3v) is 8.90. The molecule has 1 aliphatic heterocycles. The number of halogens is 2. The lowest BCUT2D eigenvalue weighted by atomic mass is 9.85. The van der Waals surface area contributed by atoms with E-state index in [-0.39, 0.29) is 5.78 Å². The molecule has 0 fully saturated rings. The molecule has 0 saturated heterocycles. The van der Waals surface area contributed by atoms with Crippen molar-refractivity contribution in [2.24, 2.45) is 0 Å². The van der Waals surface area contributed by atoms with E-state index < -0.39 is 6.04 Å². The number of carbonyl (C=O) groups excluding carboxylic acids is 1. The first-order valence-corrected chi connectivity index (χ1v) is 16.1. The number of hydrogen-bond donors (Lipinski definition) is 1. The van der Waals surface area contributed by atoms with E-state index in [9.17, 15) is 4.79 Å². The summed E-state index contributed by atoms with van der Waals surface area (Å²) >= 11 is 11.6. The van der Waals surface area contributed by atoms with E-state index in [0.717, 1.165) is 57.6 Å². The van der Waals surface area contributed by atoms with Gasteiger partial charge in [0, 0.05) is 28.5 Å². The van der Waals surface area contributed by atoms with Crippen LogP contribution in [-0.4, -0.2) is 33.8 Å². The van der Waals surface area contributed by atoms with Gasteiger partial charge in [0.2, 0.25) is 11.1 Å². The standard InChI is InChI=1S/C30H34BrClN4O3S/c1-3-5-6-9-15-39-28-21(31)16-20(17-25(28)38-4-2)27-26-23(13-10-14-24(26)37)33-29-34-30(35-36(27)29)40-18-19-11-7-8-12-22(19)32/h7-8,11-12,16-17,27H,3-6,9-10,13-15,18H2,1-2H3,(H,33,34,35). The summed E-state index contributed by atoms with van der Waals surface area (Å²) in [7, 11) is 0. The average molecular weight is 646 g/mol. The number of allylic oxidation sites excluding steroid dienone is 2. The van der Waals surface area contributed by atoms with Gasteiger partial charge in [0.25, 0.3) is 0 Å². The Bertz CT molecular complexity index is 1410. The lowest BCUT2D eigenvalue weighted by Gasteiger charge is -2.32. The number of thioether (sulfide) groups is 1. The van der Waals surface area contributed by atoms with Crippen LogP contribution in [0.15, 0.2) is 57.3 Å². The van der Waals surface area contributed by atoms with Crippen LogP contribution in [0.25, 0.3) is 0 Å². The highest BCUT2D eigenvalue weighted by Gasteiger charge is 2.37. The van der Waals surface area contributed by atoms with Crippen LogP contribution < -0.4 is 14.8 Å². The number of carbonyl (C=O) groups is 1. The fraction of sp³-hybridized carbons (Fsp3) is 0.433. The van der Waals surface area contributed by atoms with Crippen molar-refractivity contribution in [3.8, 4) is 11.5 Å². The molecule has 0 radical (unpaired) electrons. The van der Waals surface area contributed by atoms with Gasteiger partial charge >= 0.3 is 0 Å². The predicted molar refractivity (Wildman–Crippen MR) is 164 cm³/mol. The number of benzene rings is 2. The van der Waals surface area contributed by atoms with E-state index in [1.807, 2.05) is 48.0 Å². The first-order valence-electron chi connectivity index (χ1n) is 13.9. The minimum absolute atomic E-state index is 0.135. The summed E-state index contributed by atoms with van der Waals surface area (Å²) in [5, 5.41) is 9.63. The zero-order chi connectivity index (χ0) is 28.1. The van der Waals surface area contributed by atoms with Crippen molar-refractivity contribution < 1.29 is 14.3 Å². The summed E-state index contributed by atoms with van der Waals surface area (Å²) in [4.78, 5) is 18.1. The van der Waals surface area contributed by atoms with Crippen molar-refractivity contribution in [1.29, 1.82) is 0 Å². The Kier molecular flexibility index (Phi) is 9.76. The fourth-order valence-electron chi connectivity index (χ4n) is 5.12. The molecule has 7 nitrogen and oxygen atoms in total. The number of hydrogen-bond acceptors (Lipinski definition) is 7. The van der Waals surface area contributed by atoms with Crippen molar-refractivity contribution in [1.82, 2.24) is 14.8 Å². The number of nitrogens with zero attached hydrogens (tertiary/aromatic N) is 3. The van der Waals surface area contributed by atoms with Crippen LogP contribution in [-0.2, 0) is 10.5 Å². The number of ether oxygens (including phenoxy) is 2. The molecule has 10 heteroatoms. The lowest BCUT2D eigenvalue weighted by molar-refractivity contribution is -0.116. The Morgan fingerprint density at radius 3 is 2.80 bits per heavy atom. The van der Waals surface area contributed by atoms with Crippen LogP contribution in [0.1, 0.15) is 76.0 Å². The molecule has 1 aromatic heterocycles. The number of unbranched alkanes of at least 4 members (excludes halogenated alkanes) is 3. The minimum Gasteiger partial charge on any atom is -0.490 e. The van der Waals surface area contributed by atoms with Gasteiger partial charge in [-0.2, -0.15) is 4.98 Å². The largest absolute Gasteiger partial charge is 0.490 e. The van der Waals surface area contributed by atoms with Gasteiger partial charge in [0.1, 0.15) is 6.04 Å². The summed E-state index contributed by atoms with van der Waals surface area (Å²) in [6, 6.07) is 11.4. The third-order valence-electron chi connectivity index (χ3n) is 7.06. The molecule has 3 aromatic rings. The van der Waals surface area contributed by atoms with E-state index >= 15 is 0 Å². The summed E-state index contributed by atoms with van der Waals surface area (Å²) < 4.78 is 14.9. The molecule has 0 amide bonds. The SMILES string of the molecule is CCCCCCOc1c(Br)cc(C2C3=C(CCCC3=O)Nc3nc(SCc4ccccc4Cl)nn32)cc1OCC. The number of fused-ring (bicyclic) bond motifs is 1. The van der Waals surface area contributed by atoms with Crippen LogP contribution in [0.5, 0.6) is 11.5 Å². The number of Topliss-reactive ketones (excluding diaryl/α,β-unsaturated/α-hetero) is 1. The maximum absolute atomic E-state index is 13.3. The Labute approximate surface area is 253 Å². The Morgan fingerprint density at radius 2 is 2.00 bits per heavy atom. The number of ketones is 1. The molecule has 0 spiro atoms. The van der Waals surface area contributed by atoms with E-state index in [4.69, 9.17) is 31.2 Å². The molecule has 1 atom stereocenters. The zero-order valence-corrected chi connectivity index (χ0v) is 26.0. The van der Waals surface area contributed by atoms with Gasteiger partial charge in [-0.05, 0) is 71.4 Å². The van der Waals surface area contributed by atoms with Crippen molar-refractivity contribution in [2.75, 3.05) is 18.5 Å². The van der Waals surface area contributed by atoms with Crippen LogP contribution in [0.3, 0.4) is 0 Å². The minimum atomic E-state index is -0.421. The molecule has 2 heterocycles. The van der Waals surface area contributed by atoms with Crippen LogP contribution in [0, 0.1) is 0 Å². The molecule has 2 aromatic carbocycles. The Balaban J connectivity index is 1.49. The summed E-state index contributed by atoms with van der Waals surface area (Å²) in [6.45, 7) is 5.28. The topological polar surface area (TPSA) is 78.3 Å². The second-order valence-corrected chi connectivity index (χ2v) is 12.1. The number of nitrogens with one attached hydrogen (secondary N) is 1. The monoisotopic (exact) mass is 644 g/mol. The van der Waals surface area contributed by atoms with Gasteiger partial charge in [-0.1, -0.05) is 67.7 Å². The first kappa shape index (κ1) is 29.0. The Morgan fingerprint density at radius 1 is 1.15 bits per heavy atom. The number of aromatic nitrogens is 3. The quantitative estimate of drug-likeness (QED) is 0.157. The van der Waals surface area contributed by atoms with E-state index in [1.165, 1.54) is 24.6 Å². The van der Waals surface area contributed by atoms with Crippen molar-refractivity contribution in [3.05, 3.63) is 68.3 Å². The second-order valence-electron chi connectivity index (χ2n) is 9.91. The summed E-state index contributed by atoms with van der Waals surface area (Å²) in [6.07, 6.45) is 6.64. The highest BCUT2D eigenvalue weighted by molar-refractivity contribution is 9.10. The maximum atomic E-state index is 13.3. The Hall–Kier alpha value is -2.49. The molecule has 1 N–H and O–H groups in total. The van der Waals surface area contributed by atoms with Gasteiger partial charge in [-0.3, -0.25) is 4.79 Å². The predicted octanol–water partition coefficient (Wildman–Crippen LogP) is 8.37. The lowest BCUT2D eigenvalue weighted by Crippen LogP contribution is -2.31. The van der Waals surface area contributed by atoms with Crippen molar-refractivity contribution >= 4 is 51.0 Å². The fourth-order valence-corrected chi connectivity index (χ4v) is 6.80. The van der Waals surface area contributed by atoms with E-state index in [2.05, 4.69) is 28.2 Å². The zero-order valence-electron chi connectivity index (χ0n) is 22.8. The van der Waals surface area contributed by atoms with Crippen molar-refractivity contribution in [3.63, 3.8) is 0 Å². The molecule has 5 rings (SSSR count). The smallest absolute Gasteiger partial charge is 0.227 e. The van der Waals surface area contributed by atoms with Gasteiger partial charge in [-0.25, -0.2) is 4.68 Å². The van der Waals surface area contributed by atoms with Crippen molar-refractivity contribution in [2.45, 2.75) is 75.7 Å². The molecule has 2 aliphatic rings. The van der Waals surface area contributed by atoms with E-state index in [0.29, 0.717) is 48.0 Å². The third kappa shape index (κ3) is 6.37. The highest BCUT2D eigenvalue weighted by atomic mass is 79.9. The molecule has 0 saturated carbocycles. The van der Waals surface area contributed by atoms with Crippen LogP contribution in [0.2, 0.25) is 5.02 Å². The molecular weight excluding hydrogens is 612 g/mol. The second kappa shape index (κ2) is 13.4. The molecule has 1 unspecified atom stereocenters. The molecular formula is C30H34BrClN4O3S. The summed E-state index contributed by atoms with van der Waals surface area (Å²) in [5.41, 5.74) is 3.59. The molecule has 212 valence electrons. The van der Waals surface area contributed by atoms with E-state index in [1.54, 1.807) is 0 Å². The van der Waals surface area contributed by atoms with Crippen LogP contribution in [0.4, 0.5) is 5.95 Å². The summed E-state index contributed by atoms with van der Waals surface area (Å²) in [5.74, 6) is 2.75. The normalized spacial score (nSPS) is 16.4. The van der Waals surface area contributed by atoms with Crippen LogP contribution >= 0.6 is 39.3 Å². The highest BCUT2D eigenvalue weighted by Crippen LogP contribution is 2.45. The maximum Gasteiger partial charge on any atom is 0.227 e. The van der Waals surface area contributed by atoms with Gasteiger partial charge < -0.3 is 14.8 Å². The molecule has 1 aliphatic carbocycles.